The van der Waals surface area contributed by atoms with Gasteiger partial charge in [-0.2, -0.15) is 0 Å². The van der Waals surface area contributed by atoms with Gasteiger partial charge in [0.15, 0.2) is 0 Å². The van der Waals surface area contributed by atoms with E-state index >= 15 is 0 Å². The van der Waals surface area contributed by atoms with Gasteiger partial charge in [-0.3, -0.25) is 4.90 Å². The van der Waals surface area contributed by atoms with E-state index in [0.29, 0.717) is 13.2 Å². The standard InChI is InChI=1S/C17H22ClNO3/c1-13(16-7-3-4-8-17(16)18)19(2)10-14(20)11-21-12-15-6-5-9-22-15/h3-9,13-14,20H,10-12H2,1-2H3. The van der Waals surface area contributed by atoms with Gasteiger partial charge >= 0.3 is 0 Å². The lowest BCUT2D eigenvalue weighted by atomic mass is 10.1. The van der Waals surface area contributed by atoms with Crippen LogP contribution in [0.2, 0.25) is 5.02 Å². The summed E-state index contributed by atoms with van der Waals surface area (Å²) in [6, 6.07) is 11.5. The Morgan fingerprint density at radius 3 is 2.73 bits per heavy atom. The highest BCUT2D eigenvalue weighted by Gasteiger charge is 2.17. The summed E-state index contributed by atoms with van der Waals surface area (Å²) < 4.78 is 10.6. The molecule has 0 bridgehead atoms. The number of rotatable bonds is 8. The fourth-order valence-corrected chi connectivity index (χ4v) is 2.58. The molecule has 2 aromatic rings. The Hall–Kier alpha value is -1.33. The molecule has 22 heavy (non-hydrogen) atoms. The number of ether oxygens (including phenoxy) is 1. The van der Waals surface area contributed by atoms with Crippen molar-refractivity contribution in [3.05, 3.63) is 59.0 Å². The summed E-state index contributed by atoms with van der Waals surface area (Å²) in [4.78, 5) is 2.06. The minimum absolute atomic E-state index is 0.119. The third-order valence-electron chi connectivity index (χ3n) is 3.65. The van der Waals surface area contributed by atoms with E-state index in [4.69, 9.17) is 20.8 Å². The first kappa shape index (κ1) is 17.0. The molecule has 0 radical (unpaired) electrons. The highest BCUT2D eigenvalue weighted by molar-refractivity contribution is 6.31. The first-order valence-corrected chi connectivity index (χ1v) is 7.68. The zero-order valence-corrected chi connectivity index (χ0v) is 13.7. The molecule has 1 N–H and O–H groups in total. The van der Waals surface area contributed by atoms with Crippen LogP contribution in [-0.2, 0) is 11.3 Å². The minimum atomic E-state index is -0.565. The van der Waals surface area contributed by atoms with Crippen molar-refractivity contribution in [3.63, 3.8) is 0 Å². The van der Waals surface area contributed by atoms with Gasteiger partial charge in [0.25, 0.3) is 0 Å². The van der Waals surface area contributed by atoms with Crippen molar-refractivity contribution < 1.29 is 14.3 Å². The molecular weight excluding hydrogens is 302 g/mol. The number of furan rings is 1. The van der Waals surface area contributed by atoms with Crippen molar-refractivity contribution >= 4 is 11.6 Å². The second-order valence-electron chi connectivity index (χ2n) is 5.39. The highest BCUT2D eigenvalue weighted by atomic mass is 35.5. The van der Waals surface area contributed by atoms with E-state index < -0.39 is 6.10 Å². The quantitative estimate of drug-likeness (QED) is 0.807. The number of aliphatic hydroxyl groups is 1. The molecule has 0 aliphatic rings. The molecule has 0 amide bonds. The summed E-state index contributed by atoms with van der Waals surface area (Å²) in [5.74, 6) is 0.755. The van der Waals surface area contributed by atoms with E-state index in [-0.39, 0.29) is 12.6 Å². The molecular formula is C17H22ClNO3. The number of halogens is 1. The third-order valence-corrected chi connectivity index (χ3v) is 3.99. The van der Waals surface area contributed by atoms with E-state index in [9.17, 15) is 5.11 Å². The van der Waals surface area contributed by atoms with Crippen molar-refractivity contribution in [1.29, 1.82) is 0 Å². The van der Waals surface area contributed by atoms with Crippen LogP contribution in [0, 0.1) is 0 Å². The lowest BCUT2D eigenvalue weighted by Crippen LogP contribution is -2.34. The normalized spacial score (nSPS) is 14.2. The van der Waals surface area contributed by atoms with Gasteiger partial charge in [0.2, 0.25) is 0 Å². The summed E-state index contributed by atoms with van der Waals surface area (Å²) in [5, 5.41) is 10.8. The number of hydrogen-bond acceptors (Lipinski definition) is 4. The van der Waals surface area contributed by atoms with Crippen LogP contribution in [0.1, 0.15) is 24.3 Å². The highest BCUT2D eigenvalue weighted by Crippen LogP contribution is 2.26. The molecule has 4 nitrogen and oxygen atoms in total. The van der Waals surface area contributed by atoms with E-state index in [2.05, 4.69) is 11.8 Å². The van der Waals surface area contributed by atoms with Crippen LogP contribution < -0.4 is 0 Å². The maximum atomic E-state index is 10.1. The molecule has 1 aromatic heterocycles. The van der Waals surface area contributed by atoms with E-state index in [1.165, 1.54) is 0 Å². The molecule has 2 unspecified atom stereocenters. The summed E-state index contributed by atoms with van der Waals surface area (Å²) >= 11 is 6.22. The van der Waals surface area contributed by atoms with E-state index in [0.717, 1.165) is 16.3 Å². The van der Waals surface area contributed by atoms with Crippen molar-refractivity contribution in [2.45, 2.75) is 25.7 Å². The molecule has 1 heterocycles. The van der Waals surface area contributed by atoms with Gasteiger partial charge in [-0.05, 0) is 37.7 Å². The lowest BCUT2D eigenvalue weighted by Gasteiger charge is -2.27. The molecule has 0 saturated heterocycles. The second kappa shape index (κ2) is 8.34. The number of aliphatic hydroxyl groups excluding tert-OH is 1. The average Bonchev–Trinajstić information content (AvgIpc) is 3.00. The number of nitrogens with zero attached hydrogens (tertiary/aromatic N) is 1. The Kier molecular flexibility index (Phi) is 6.46. The van der Waals surface area contributed by atoms with Crippen molar-refractivity contribution in [1.82, 2.24) is 4.90 Å². The predicted molar refractivity (Wildman–Crippen MR) is 86.9 cm³/mol. The van der Waals surface area contributed by atoms with Crippen molar-refractivity contribution in [2.75, 3.05) is 20.2 Å². The summed E-state index contributed by atoms with van der Waals surface area (Å²) in [6.07, 6.45) is 1.04. The van der Waals surface area contributed by atoms with Gasteiger partial charge in [0.1, 0.15) is 12.4 Å². The van der Waals surface area contributed by atoms with Gasteiger partial charge in [0, 0.05) is 17.6 Å². The van der Waals surface area contributed by atoms with Crippen LogP contribution in [0.5, 0.6) is 0 Å². The van der Waals surface area contributed by atoms with Crippen LogP contribution in [0.15, 0.2) is 47.1 Å². The SMILES string of the molecule is CC(c1ccccc1Cl)N(C)CC(O)COCc1ccco1. The predicted octanol–water partition coefficient (Wildman–Crippen LogP) is 3.50. The lowest BCUT2D eigenvalue weighted by molar-refractivity contribution is 0.00385. The molecule has 120 valence electrons. The molecule has 0 saturated carbocycles. The molecule has 2 rings (SSSR count). The number of likely N-dealkylation sites (N-methyl/N-ethyl adjacent to an activating group) is 1. The smallest absolute Gasteiger partial charge is 0.129 e. The van der Waals surface area contributed by atoms with Crippen LogP contribution in [0.25, 0.3) is 0 Å². The Morgan fingerprint density at radius 2 is 2.05 bits per heavy atom. The topological polar surface area (TPSA) is 45.8 Å². The molecule has 0 fully saturated rings. The van der Waals surface area contributed by atoms with Crippen LogP contribution in [-0.4, -0.2) is 36.3 Å². The first-order chi connectivity index (χ1) is 10.6. The number of benzene rings is 1. The fourth-order valence-electron chi connectivity index (χ4n) is 2.28. The number of hydrogen-bond donors (Lipinski definition) is 1. The van der Waals surface area contributed by atoms with Crippen molar-refractivity contribution in [2.24, 2.45) is 0 Å². The van der Waals surface area contributed by atoms with Gasteiger partial charge in [0.05, 0.1) is 19.0 Å². The Labute approximate surface area is 136 Å². The Balaban J connectivity index is 1.78. The fraction of sp³-hybridized carbons (Fsp3) is 0.412. The molecule has 0 aliphatic carbocycles. The maximum absolute atomic E-state index is 10.1. The zero-order chi connectivity index (χ0) is 15.9. The van der Waals surface area contributed by atoms with Crippen LogP contribution in [0.4, 0.5) is 0 Å². The van der Waals surface area contributed by atoms with Gasteiger partial charge in [-0.25, -0.2) is 0 Å². The average molecular weight is 324 g/mol. The minimum Gasteiger partial charge on any atom is -0.467 e. The second-order valence-corrected chi connectivity index (χ2v) is 5.79. The van der Waals surface area contributed by atoms with Gasteiger partial charge in [-0.15, -0.1) is 0 Å². The molecule has 1 aromatic carbocycles. The summed E-state index contributed by atoms with van der Waals surface area (Å²) in [7, 11) is 1.96. The Bertz CT molecular complexity index is 559. The van der Waals surface area contributed by atoms with Crippen molar-refractivity contribution in [3.8, 4) is 0 Å². The summed E-state index contributed by atoms with van der Waals surface area (Å²) in [5.41, 5.74) is 1.05. The molecule has 0 aliphatic heterocycles. The van der Waals surface area contributed by atoms with Gasteiger partial charge in [-0.1, -0.05) is 29.8 Å². The molecule has 5 heteroatoms. The third kappa shape index (κ3) is 4.85. The molecule has 2 atom stereocenters. The first-order valence-electron chi connectivity index (χ1n) is 7.30. The van der Waals surface area contributed by atoms with E-state index in [1.807, 2.05) is 43.4 Å². The molecule has 0 spiro atoms. The van der Waals surface area contributed by atoms with Crippen LogP contribution >= 0.6 is 11.6 Å². The monoisotopic (exact) mass is 323 g/mol. The Morgan fingerprint density at radius 1 is 1.27 bits per heavy atom. The summed E-state index contributed by atoms with van der Waals surface area (Å²) in [6.45, 7) is 3.20. The van der Waals surface area contributed by atoms with E-state index in [1.54, 1.807) is 6.26 Å². The maximum Gasteiger partial charge on any atom is 0.129 e. The van der Waals surface area contributed by atoms with Gasteiger partial charge < -0.3 is 14.3 Å². The largest absolute Gasteiger partial charge is 0.467 e. The van der Waals surface area contributed by atoms with Crippen LogP contribution in [0.3, 0.4) is 0 Å². The zero-order valence-electron chi connectivity index (χ0n) is 12.9.